The lowest BCUT2D eigenvalue weighted by Crippen LogP contribution is -2.58. The number of para-hydroxylation sites is 2. The minimum Gasteiger partial charge on any atom is -0.493 e. The molecule has 126 valence electrons. The Labute approximate surface area is 138 Å². The molecule has 2 fully saturated rings. The molecular formula is C18H26N2O3. The number of rotatable bonds is 6. The number of hydrogen-bond acceptors (Lipinski definition) is 4. The normalized spacial score (nSPS) is 20.2. The molecule has 5 nitrogen and oxygen atoms in total. The summed E-state index contributed by atoms with van der Waals surface area (Å²) in [6.45, 7) is 6.53. The zero-order chi connectivity index (χ0) is 16.2. The maximum atomic E-state index is 12.5. The van der Waals surface area contributed by atoms with Crippen LogP contribution in [0.1, 0.15) is 19.8 Å². The number of likely N-dealkylation sites (tertiary alicyclic amines) is 2. The van der Waals surface area contributed by atoms with Crippen molar-refractivity contribution >= 4 is 5.91 Å². The number of methoxy groups -OCH3 is 1. The first kappa shape index (κ1) is 16.1. The summed E-state index contributed by atoms with van der Waals surface area (Å²) in [5.41, 5.74) is 0. The predicted molar refractivity (Wildman–Crippen MR) is 88.8 cm³/mol. The van der Waals surface area contributed by atoms with Crippen LogP contribution < -0.4 is 9.47 Å². The van der Waals surface area contributed by atoms with Gasteiger partial charge >= 0.3 is 0 Å². The van der Waals surface area contributed by atoms with Crippen molar-refractivity contribution in [2.75, 3.05) is 39.8 Å². The molecule has 2 aliphatic rings. The zero-order valence-electron chi connectivity index (χ0n) is 14.0. The van der Waals surface area contributed by atoms with E-state index in [1.54, 1.807) is 7.11 Å². The Morgan fingerprint density at radius 3 is 2.52 bits per heavy atom. The lowest BCUT2D eigenvalue weighted by atomic mass is 10.1. The van der Waals surface area contributed by atoms with Gasteiger partial charge in [-0.1, -0.05) is 19.1 Å². The highest BCUT2D eigenvalue weighted by atomic mass is 16.5. The van der Waals surface area contributed by atoms with Gasteiger partial charge in [0, 0.05) is 12.5 Å². The average molecular weight is 318 g/mol. The van der Waals surface area contributed by atoms with E-state index >= 15 is 0 Å². The number of carbonyl (C=O) groups is 1. The van der Waals surface area contributed by atoms with Crippen molar-refractivity contribution in [1.29, 1.82) is 0 Å². The van der Waals surface area contributed by atoms with Crippen LogP contribution in [0, 0.1) is 5.92 Å². The van der Waals surface area contributed by atoms with Crippen LogP contribution in [0.4, 0.5) is 0 Å². The summed E-state index contributed by atoms with van der Waals surface area (Å²) in [5.74, 6) is 1.80. The second-order valence-corrected chi connectivity index (χ2v) is 6.54. The topological polar surface area (TPSA) is 42.0 Å². The Kier molecular flexibility index (Phi) is 5.06. The number of ether oxygens (including phenoxy) is 2. The number of hydrogen-bond donors (Lipinski definition) is 0. The average Bonchev–Trinajstić information content (AvgIpc) is 3.03. The van der Waals surface area contributed by atoms with E-state index in [1.807, 2.05) is 36.1 Å². The van der Waals surface area contributed by atoms with Gasteiger partial charge in [0.05, 0.1) is 20.2 Å². The lowest BCUT2D eigenvalue weighted by molar-refractivity contribution is -0.144. The third-order valence-corrected chi connectivity index (χ3v) is 4.67. The van der Waals surface area contributed by atoms with Gasteiger partial charge < -0.3 is 19.3 Å². The predicted octanol–water partition coefficient (Wildman–Crippen LogP) is 2.02. The molecule has 1 aromatic carbocycles. The van der Waals surface area contributed by atoms with E-state index in [2.05, 4.69) is 4.90 Å². The maximum absolute atomic E-state index is 12.5. The van der Waals surface area contributed by atoms with Crippen molar-refractivity contribution in [3.05, 3.63) is 24.3 Å². The largest absolute Gasteiger partial charge is 0.493 e. The fourth-order valence-electron chi connectivity index (χ4n) is 3.33. The molecule has 2 aliphatic heterocycles. The van der Waals surface area contributed by atoms with Crippen molar-refractivity contribution in [3.8, 4) is 11.5 Å². The highest BCUT2D eigenvalue weighted by Crippen LogP contribution is 2.29. The molecule has 0 N–H and O–H groups in total. The van der Waals surface area contributed by atoms with Gasteiger partial charge in [-0.05, 0) is 38.1 Å². The van der Waals surface area contributed by atoms with Crippen LogP contribution in [0.25, 0.3) is 0 Å². The van der Waals surface area contributed by atoms with Gasteiger partial charge in [-0.3, -0.25) is 4.79 Å². The van der Waals surface area contributed by atoms with E-state index in [0.29, 0.717) is 13.1 Å². The van der Waals surface area contributed by atoms with Crippen molar-refractivity contribution < 1.29 is 14.3 Å². The minimum absolute atomic E-state index is 0.0641. The van der Waals surface area contributed by atoms with Gasteiger partial charge in [0.15, 0.2) is 11.5 Å². The van der Waals surface area contributed by atoms with E-state index in [4.69, 9.17) is 9.47 Å². The molecule has 0 radical (unpaired) electrons. The summed E-state index contributed by atoms with van der Waals surface area (Å²) >= 11 is 0. The first-order valence-corrected chi connectivity index (χ1v) is 8.48. The summed E-state index contributed by atoms with van der Waals surface area (Å²) in [4.78, 5) is 16.8. The Balaban J connectivity index is 1.45. The van der Waals surface area contributed by atoms with Crippen molar-refractivity contribution in [3.63, 3.8) is 0 Å². The third kappa shape index (κ3) is 3.78. The Hall–Kier alpha value is -1.75. The summed E-state index contributed by atoms with van der Waals surface area (Å²) in [6.07, 6.45) is 2.59. The van der Waals surface area contributed by atoms with Gasteiger partial charge in [0.1, 0.15) is 6.10 Å². The van der Waals surface area contributed by atoms with Crippen LogP contribution >= 0.6 is 0 Å². The van der Waals surface area contributed by atoms with Gasteiger partial charge in [-0.2, -0.15) is 0 Å². The molecule has 0 spiro atoms. The van der Waals surface area contributed by atoms with Gasteiger partial charge in [-0.15, -0.1) is 0 Å². The summed E-state index contributed by atoms with van der Waals surface area (Å²) in [7, 11) is 1.64. The molecule has 2 heterocycles. The highest BCUT2D eigenvalue weighted by molar-refractivity contribution is 5.79. The molecule has 2 saturated heterocycles. The first-order valence-electron chi connectivity index (χ1n) is 8.48. The first-order chi connectivity index (χ1) is 11.2. The van der Waals surface area contributed by atoms with E-state index in [9.17, 15) is 4.79 Å². The molecular weight excluding hydrogens is 292 g/mol. The highest BCUT2D eigenvalue weighted by Gasteiger charge is 2.35. The van der Waals surface area contributed by atoms with Crippen LogP contribution in [-0.4, -0.2) is 61.6 Å². The Morgan fingerprint density at radius 1 is 1.22 bits per heavy atom. The Bertz CT molecular complexity index is 537. The SMILES string of the molecule is COc1ccccc1OC1CN(C(=O)[C@@H](C)CN2CCCC2)C1. The fourth-order valence-corrected chi connectivity index (χ4v) is 3.33. The van der Waals surface area contributed by atoms with Crippen LogP contribution in [0.2, 0.25) is 0 Å². The van der Waals surface area contributed by atoms with Crippen molar-refractivity contribution in [2.45, 2.75) is 25.9 Å². The molecule has 0 saturated carbocycles. The van der Waals surface area contributed by atoms with Crippen LogP contribution in [0.5, 0.6) is 11.5 Å². The van der Waals surface area contributed by atoms with Crippen LogP contribution in [0.3, 0.4) is 0 Å². The smallest absolute Gasteiger partial charge is 0.226 e. The number of amides is 1. The molecule has 5 heteroatoms. The summed E-state index contributed by atoms with van der Waals surface area (Å²) in [5, 5.41) is 0. The summed E-state index contributed by atoms with van der Waals surface area (Å²) in [6, 6.07) is 7.63. The van der Waals surface area contributed by atoms with Gasteiger partial charge in [0.2, 0.25) is 5.91 Å². The molecule has 0 unspecified atom stereocenters. The number of benzene rings is 1. The molecule has 1 aromatic rings. The third-order valence-electron chi connectivity index (χ3n) is 4.67. The lowest BCUT2D eigenvalue weighted by Gasteiger charge is -2.40. The minimum atomic E-state index is 0.0641. The zero-order valence-corrected chi connectivity index (χ0v) is 14.0. The molecule has 0 aliphatic carbocycles. The van der Waals surface area contributed by atoms with Crippen molar-refractivity contribution in [1.82, 2.24) is 9.80 Å². The van der Waals surface area contributed by atoms with E-state index < -0.39 is 0 Å². The quantitative estimate of drug-likeness (QED) is 0.805. The standard InChI is InChI=1S/C18H26N2O3/c1-14(11-19-9-5-6-10-19)18(21)20-12-15(13-20)23-17-8-4-3-7-16(17)22-2/h3-4,7-8,14-15H,5-6,9-13H2,1-2H3/t14-/m0/s1. The second kappa shape index (κ2) is 7.21. The number of carbonyl (C=O) groups excluding carboxylic acids is 1. The Morgan fingerprint density at radius 2 is 1.87 bits per heavy atom. The molecule has 23 heavy (non-hydrogen) atoms. The second-order valence-electron chi connectivity index (χ2n) is 6.54. The molecule has 3 rings (SSSR count). The molecule has 1 atom stereocenters. The van der Waals surface area contributed by atoms with E-state index in [-0.39, 0.29) is 17.9 Å². The molecule has 1 amide bonds. The maximum Gasteiger partial charge on any atom is 0.226 e. The van der Waals surface area contributed by atoms with E-state index in [0.717, 1.165) is 31.1 Å². The van der Waals surface area contributed by atoms with E-state index in [1.165, 1.54) is 12.8 Å². The van der Waals surface area contributed by atoms with Gasteiger partial charge in [-0.25, -0.2) is 0 Å². The monoisotopic (exact) mass is 318 g/mol. The van der Waals surface area contributed by atoms with Crippen molar-refractivity contribution in [2.24, 2.45) is 5.92 Å². The van der Waals surface area contributed by atoms with Crippen LogP contribution in [-0.2, 0) is 4.79 Å². The molecule has 0 aromatic heterocycles. The molecule has 0 bridgehead atoms. The van der Waals surface area contributed by atoms with Gasteiger partial charge in [0.25, 0.3) is 0 Å². The fraction of sp³-hybridized carbons (Fsp3) is 0.611. The number of nitrogens with zero attached hydrogens (tertiary/aromatic N) is 2. The van der Waals surface area contributed by atoms with Crippen LogP contribution in [0.15, 0.2) is 24.3 Å². The summed E-state index contributed by atoms with van der Waals surface area (Å²) < 4.78 is 11.2.